The first-order valence-electron chi connectivity index (χ1n) is 6.63. The van der Waals surface area contributed by atoms with Crippen molar-refractivity contribution in [3.8, 4) is 0 Å². The Hall–Kier alpha value is -2.05. The van der Waals surface area contributed by atoms with E-state index in [0.29, 0.717) is 12.2 Å². The van der Waals surface area contributed by atoms with Crippen molar-refractivity contribution in [2.75, 3.05) is 5.32 Å². The Balaban J connectivity index is 2.08. The van der Waals surface area contributed by atoms with Crippen LogP contribution in [0.25, 0.3) is 0 Å². The smallest absolute Gasteiger partial charge is 0.380 e. The molecule has 2 heterocycles. The molecule has 1 N–H and O–H groups in total. The molecule has 0 bridgehead atoms. The molecular weight excluding hydrogens is 281 g/mol. The van der Waals surface area contributed by atoms with Gasteiger partial charge < -0.3 is 5.32 Å². The molecule has 0 aliphatic carbocycles. The van der Waals surface area contributed by atoms with Crippen molar-refractivity contribution >= 4 is 5.69 Å². The van der Waals surface area contributed by atoms with Crippen LogP contribution in [0.2, 0.25) is 0 Å². The number of pyridine rings is 1. The monoisotopic (exact) mass is 298 g/mol. The lowest BCUT2D eigenvalue weighted by molar-refractivity contribution is -0.141. The summed E-state index contributed by atoms with van der Waals surface area (Å²) in [5.41, 5.74) is 2.69. The van der Waals surface area contributed by atoms with E-state index < -0.39 is 11.9 Å². The number of hydrogen-bond acceptors (Lipinski definition) is 3. The van der Waals surface area contributed by atoms with Crippen molar-refractivity contribution < 1.29 is 13.2 Å². The third kappa shape index (κ3) is 3.34. The number of halogens is 3. The lowest BCUT2D eigenvalue weighted by atomic mass is 10.2. The summed E-state index contributed by atoms with van der Waals surface area (Å²) in [7, 11) is 0. The number of anilines is 1. The summed E-state index contributed by atoms with van der Waals surface area (Å²) in [6.07, 6.45) is -3.22. The minimum Gasteiger partial charge on any atom is -0.380 e. The lowest BCUT2D eigenvalue weighted by Gasteiger charge is -2.09. The number of nitrogens with one attached hydrogen (secondary N) is 1. The van der Waals surface area contributed by atoms with E-state index in [-0.39, 0.29) is 0 Å². The van der Waals surface area contributed by atoms with E-state index in [1.807, 2.05) is 25.5 Å². The fourth-order valence-corrected chi connectivity index (χ4v) is 2.15. The number of rotatable bonds is 4. The maximum atomic E-state index is 12.4. The molecule has 0 aliphatic rings. The van der Waals surface area contributed by atoms with Crippen molar-refractivity contribution in [3.05, 3.63) is 41.0 Å². The first kappa shape index (κ1) is 15.3. The number of alkyl halides is 3. The fraction of sp³-hybridized carbons (Fsp3) is 0.429. The first-order chi connectivity index (χ1) is 9.82. The highest BCUT2D eigenvalue weighted by atomic mass is 19.4. The fourth-order valence-electron chi connectivity index (χ4n) is 2.15. The van der Waals surface area contributed by atoms with Crippen molar-refractivity contribution in [2.24, 2.45) is 0 Å². The predicted molar refractivity (Wildman–Crippen MR) is 73.9 cm³/mol. The van der Waals surface area contributed by atoms with Crippen molar-refractivity contribution in [2.45, 2.75) is 40.0 Å². The Kier molecular flexibility index (Phi) is 4.20. The van der Waals surface area contributed by atoms with Gasteiger partial charge in [0.2, 0.25) is 0 Å². The SMILES string of the molecule is CCn1nc(C)c(CNc2ccc(C(F)(F)F)nc2)c1C. The minimum atomic E-state index is -4.41. The molecule has 0 unspecified atom stereocenters. The van der Waals surface area contributed by atoms with Gasteiger partial charge in [-0.25, -0.2) is 4.98 Å². The Morgan fingerprint density at radius 2 is 1.95 bits per heavy atom. The summed E-state index contributed by atoms with van der Waals surface area (Å²) in [5, 5.41) is 7.48. The second-order valence-electron chi connectivity index (χ2n) is 4.75. The number of nitrogens with zero attached hydrogens (tertiary/aromatic N) is 3. The highest BCUT2D eigenvalue weighted by Gasteiger charge is 2.31. The number of aryl methyl sites for hydroxylation is 2. The molecule has 0 radical (unpaired) electrons. The van der Waals surface area contributed by atoms with E-state index in [0.717, 1.165) is 29.6 Å². The van der Waals surface area contributed by atoms with Crippen LogP contribution in [0.3, 0.4) is 0 Å². The van der Waals surface area contributed by atoms with Crippen LogP contribution in [0, 0.1) is 13.8 Å². The molecule has 4 nitrogen and oxygen atoms in total. The molecule has 0 aliphatic heterocycles. The van der Waals surface area contributed by atoms with E-state index >= 15 is 0 Å². The van der Waals surface area contributed by atoms with E-state index in [2.05, 4.69) is 15.4 Å². The predicted octanol–water partition coefficient (Wildman–Crippen LogP) is 3.55. The third-order valence-corrected chi connectivity index (χ3v) is 3.35. The van der Waals surface area contributed by atoms with Gasteiger partial charge in [-0.05, 0) is 32.9 Å². The highest BCUT2D eigenvalue weighted by Crippen LogP contribution is 2.27. The lowest BCUT2D eigenvalue weighted by Crippen LogP contribution is -2.08. The van der Waals surface area contributed by atoms with Gasteiger partial charge in [0, 0.05) is 24.3 Å². The molecule has 0 aromatic carbocycles. The summed E-state index contributed by atoms with van der Waals surface area (Å²) >= 11 is 0. The molecule has 21 heavy (non-hydrogen) atoms. The normalized spacial score (nSPS) is 11.7. The summed E-state index contributed by atoms with van der Waals surface area (Å²) in [6, 6.07) is 2.35. The Morgan fingerprint density at radius 1 is 1.24 bits per heavy atom. The topological polar surface area (TPSA) is 42.7 Å². The van der Waals surface area contributed by atoms with Gasteiger partial charge in [-0.3, -0.25) is 4.68 Å². The molecule has 2 aromatic rings. The molecule has 0 amide bonds. The van der Waals surface area contributed by atoms with Gasteiger partial charge in [-0.1, -0.05) is 0 Å². The van der Waals surface area contributed by atoms with Crippen LogP contribution in [0.5, 0.6) is 0 Å². The summed E-state index contributed by atoms with van der Waals surface area (Å²) in [5.74, 6) is 0. The van der Waals surface area contributed by atoms with E-state index in [1.54, 1.807) is 0 Å². The molecule has 0 atom stereocenters. The van der Waals surface area contributed by atoms with Crippen molar-refractivity contribution in [3.63, 3.8) is 0 Å². The van der Waals surface area contributed by atoms with Crippen LogP contribution in [0.1, 0.15) is 29.6 Å². The van der Waals surface area contributed by atoms with Crippen LogP contribution in [-0.4, -0.2) is 14.8 Å². The van der Waals surface area contributed by atoms with Crippen LogP contribution in [-0.2, 0) is 19.3 Å². The second kappa shape index (κ2) is 5.75. The zero-order valence-corrected chi connectivity index (χ0v) is 12.1. The number of hydrogen-bond donors (Lipinski definition) is 1. The van der Waals surface area contributed by atoms with Gasteiger partial charge >= 0.3 is 6.18 Å². The van der Waals surface area contributed by atoms with Gasteiger partial charge in [0.25, 0.3) is 0 Å². The number of aromatic nitrogens is 3. The molecule has 0 spiro atoms. The summed E-state index contributed by atoms with van der Waals surface area (Å²) in [6.45, 7) is 7.20. The van der Waals surface area contributed by atoms with Gasteiger partial charge in [-0.2, -0.15) is 18.3 Å². The highest BCUT2D eigenvalue weighted by molar-refractivity contribution is 5.43. The molecule has 2 rings (SSSR count). The van der Waals surface area contributed by atoms with E-state index in [1.165, 1.54) is 12.3 Å². The first-order valence-corrected chi connectivity index (χ1v) is 6.63. The standard InChI is InChI=1S/C14H17F3N4/c1-4-21-10(3)12(9(2)20-21)8-18-11-5-6-13(19-7-11)14(15,16)17/h5-7,18H,4,8H2,1-3H3. The molecule has 0 fully saturated rings. The van der Waals surface area contributed by atoms with Gasteiger partial charge in [-0.15, -0.1) is 0 Å². The zero-order chi connectivity index (χ0) is 15.6. The molecular formula is C14H17F3N4. The quantitative estimate of drug-likeness (QED) is 0.938. The van der Waals surface area contributed by atoms with E-state index in [4.69, 9.17) is 0 Å². The van der Waals surface area contributed by atoms with Gasteiger partial charge in [0.1, 0.15) is 5.69 Å². The Morgan fingerprint density at radius 3 is 2.43 bits per heavy atom. The molecule has 7 heteroatoms. The zero-order valence-electron chi connectivity index (χ0n) is 12.1. The molecule has 0 saturated carbocycles. The minimum absolute atomic E-state index is 0.505. The Bertz CT molecular complexity index is 614. The molecule has 114 valence electrons. The van der Waals surface area contributed by atoms with Crippen LogP contribution >= 0.6 is 0 Å². The van der Waals surface area contributed by atoms with Crippen molar-refractivity contribution in [1.29, 1.82) is 0 Å². The largest absolute Gasteiger partial charge is 0.433 e. The van der Waals surface area contributed by atoms with Gasteiger partial charge in [0.05, 0.1) is 17.6 Å². The van der Waals surface area contributed by atoms with Crippen LogP contribution < -0.4 is 5.32 Å². The van der Waals surface area contributed by atoms with E-state index in [9.17, 15) is 13.2 Å². The second-order valence-corrected chi connectivity index (χ2v) is 4.75. The average molecular weight is 298 g/mol. The summed E-state index contributed by atoms with van der Waals surface area (Å²) < 4.78 is 39.2. The molecule has 2 aromatic heterocycles. The average Bonchev–Trinajstić information content (AvgIpc) is 2.70. The Labute approximate surface area is 121 Å². The van der Waals surface area contributed by atoms with Crippen molar-refractivity contribution in [1.82, 2.24) is 14.8 Å². The van der Waals surface area contributed by atoms with Crippen LogP contribution in [0.15, 0.2) is 18.3 Å². The van der Waals surface area contributed by atoms with Gasteiger partial charge in [0.15, 0.2) is 0 Å². The maximum absolute atomic E-state index is 12.4. The van der Waals surface area contributed by atoms with Crippen LogP contribution in [0.4, 0.5) is 18.9 Å². The molecule has 0 saturated heterocycles. The maximum Gasteiger partial charge on any atom is 0.433 e. The summed E-state index contributed by atoms with van der Waals surface area (Å²) in [4.78, 5) is 3.42. The third-order valence-electron chi connectivity index (χ3n) is 3.35.